The predicted molar refractivity (Wildman–Crippen MR) is 57.3 cm³/mol. The van der Waals surface area contributed by atoms with Crippen molar-refractivity contribution in [3.05, 3.63) is 0 Å². The first kappa shape index (κ1) is 13.4. The van der Waals surface area contributed by atoms with Crippen molar-refractivity contribution in [1.29, 1.82) is 0 Å². The van der Waals surface area contributed by atoms with Crippen LogP contribution in [0, 0.1) is 0 Å². The lowest BCUT2D eigenvalue weighted by Gasteiger charge is -2.17. The van der Waals surface area contributed by atoms with Crippen molar-refractivity contribution in [3.8, 4) is 0 Å². The van der Waals surface area contributed by atoms with Crippen molar-refractivity contribution in [3.63, 3.8) is 0 Å². The average molecular weight is 202 g/mol. The molecule has 0 amide bonds. The molecule has 4 nitrogen and oxygen atoms in total. The van der Waals surface area contributed by atoms with Crippen LogP contribution in [0.1, 0.15) is 19.8 Å². The molecule has 0 aliphatic carbocycles. The van der Waals surface area contributed by atoms with Gasteiger partial charge in [0.15, 0.2) is 0 Å². The van der Waals surface area contributed by atoms with E-state index in [1.807, 2.05) is 14.1 Å². The summed E-state index contributed by atoms with van der Waals surface area (Å²) in [6, 6.07) is 0.461. The van der Waals surface area contributed by atoms with Gasteiger partial charge in [-0.15, -0.1) is 0 Å². The van der Waals surface area contributed by atoms with Gasteiger partial charge in [-0.1, -0.05) is 0 Å². The number of methoxy groups -OCH3 is 1. The van der Waals surface area contributed by atoms with E-state index < -0.39 is 0 Å². The molecule has 0 aliphatic heterocycles. The Morgan fingerprint density at radius 1 is 1.50 bits per heavy atom. The quantitative estimate of drug-likeness (QED) is 0.481. The monoisotopic (exact) mass is 202 g/mol. The molecule has 0 aliphatic rings. The molecule has 0 spiro atoms. The van der Waals surface area contributed by atoms with Crippen molar-refractivity contribution in [2.24, 2.45) is 0 Å². The number of nitrogens with zero attached hydrogens (tertiary/aromatic N) is 1. The second-order valence-electron chi connectivity index (χ2n) is 3.80. The maximum absolute atomic E-state index is 10.8. The first-order valence-corrected chi connectivity index (χ1v) is 5.01. The predicted octanol–water partition coefficient (Wildman–Crippen LogP) is 0.479. The summed E-state index contributed by atoms with van der Waals surface area (Å²) in [5.74, 6) is -0.132. The van der Waals surface area contributed by atoms with Gasteiger partial charge in [-0.25, -0.2) is 0 Å². The minimum Gasteiger partial charge on any atom is -0.469 e. The number of rotatable bonds is 7. The van der Waals surface area contributed by atoms with Gasteiger partial charge in [0, 0.05) is 19.0 Å². The van der Waals surface area contributed by atoms with E-state index in [-0.39, 0.29) is 5.97 Å². The molecule has 4 heteroatoms. The number of likely N-dealkylation sites (N-methyl/N-ethyl adjacent to an activating group) is 1. The molecular weight excluding hydrogens is 180 g/mol. The van der Waals surface area contributed by atoms with Gasteiger partial charge < -0.3 is 15.0 Å². The highest BCUT2D eigenvalue weighted by Crippen LogP contribution is 1.91. The maximum Gasteiger partial charge on any atom is 0.305 e. The summed E-state index contributed by atoms with van der Waals surface area (Å²) in [5.41, 5.74) is 0. The van der Waals surface area contributed by atoms with E-state index in [9.17, 15) is 4.79 Å². The van der Waals surface area contributed by atoms with E-state index in [1.165, 1.54) is 7.11 Å². The average Bonchev–Trinajstić information content (AvgIpc) is 2.10. The Hall–Kier alpha value is -0.610. The number of esters is 1. The largest absolute Gasteiger partial charge is 0.469 e. The third-order valence-corrected chi connectivity index (χ3v) is 1.92. The molecule has 0 aromatic carbocycles. The highest BCUT2D eigenvalue weighted by Gasteiger charge is 2.03. The number of carbonyl (C=O) groups is 1. The summed E-state index contributed by atoms with van der Waals surface area (Å²) in [7, 11) is 5.52. The zero-order valence-corrected chi connectivity index (χ0v) is 9.67. The summed E-state index contributed by atoms with van der Waals surface area (Å²) in [6.07, 6.45) is 1.34. The molecule has 0 fully saturated rings. The smallest absolute Gasteiger partial charge is 0.305 e. The molecule has 0 bridgehead atoms. The Labute approximate surface area is 86.6 Å². The van der Waals surface area contributed by atoms with Gasteiger partial charge in [-0.05, 0) is 34.0 Å². The molecule has 0 saturated carbocycles. The highest BCUT2D eigenvalue weighted by molar-refractivity contribution is 5.69. The zero-order valence-electron chi connectivity index (χ0n) is 9.67. The summed E-state index contributed by atoms with van der Waals surface area (Å²) in [4.78, 5) is 12.9. The Morgan fingerprint density at radius 2 is 2.14 bits per heavy atom. The molecular formula is C10H22N2O2. The number of ether oxygens (including phenoxy) is 1. The maximum atomic E-state index is 10.8. The lowest BCUT2D eigenvalue weighted by Crippen LogP contribution is -2.36. The molecule has 84 valence electrons. The standard InChI is InChI=1S/C10H22N2O2/c1-9(8-12(2)3)11-7-5-6-10(13)14-4/h9,11H,5-8H2,1-4H3. The number of nitrogens with one attached hydrogen (secondary N) is 1. The van der Waals surface area contributed by atoms with Gasteiger partial charge in [-0.2, -0.15) is 0 Å². The zero-order chi connectivity index (χ0) is 11.0. The molecule has 0 aromatic heterocycles. The van der Waals surface area contributed by atoms with E-state index in [2.05, 4.69) is 21.9 Å². The normalized spacial score (nSPS) is 12.9. The third-order valence-electron chi connectivity index (χ3n) is 1.92. The topological polar surface area (TPSA) is 41.6 Å². The second-order valence-corrected chi connectivity index (χ2v) is 3.80. The molecule has 0 rings (SSSR count). The van der Waals surface area contributed by atoms with E-state index in [0.717, 1.165) is 19.5 Å². The molecule has 1 N–H and O–H groups in total. The van der Waals surface area contributed by atoms with E-state index in [1.54, 1.807) is 0 Å². The lowest BCUT2D eigenvalue weighted by molar-refractivity contribution is -0.140. The van der Waals surface area contributed by atoms with Crippen LogP contribution in [-0.2, 0) is 9.53 Å². The van der Waals surface area contributed by atoms with E-state index >= 15 is 0 Å². The van der Waals surface area contributed by atoms with Crippen LogP contribution >= 0.6 is 0 Å². The van der Waals surface area contributed by atoms with Gasteiger partial charge in [0.25, 0.3) is 0 Å². The van der Waals surface area contributed by atoms with Crippen LogP contribution < -0.4 is 5.32 Å². The van der Waals surface area contributed by atoms with Crippen LogP contribution in [0.2, 0.25) is 0 Å². The molecule has 0 radical (unpaired) electrons. The van der Waals surface area contributed by atoms with Gasteiger partial charge in [0.05, 0.1) is 7.11 Å². The minimum atomic E-state index is -0.132. The van der Waals surface area contributed by atoms with E-state index in [0.29, 0.717) is 12.5 Å². The Bertz CT molecular complexity index is 160. The fourth-order valence-corrected chi connectivity index (χ4v) is 1.30. The first-order chi connectivity index (χ1) is 6.56. The van der Waals surface area contributed by atoms with Gasteiger partial charge in [-0.3, -0.25) is 4.79 Å². The lowest BCUT2D eigenvalue weighted by atomic mass is 10.2. The van der Waals surface area contributed by atoms with Crippen molar-refractivity contribution >= 4 is 5.97 Å². The summed E-state index contributed by atoms with van der Waals surface area (Å²) in [6.45, 7) is 4.01. The minimum absolute atomic E-state index is 0.132. The van der Waals surface area contributed by atoms with Crippen LogP contribution in [0.25, 0.3) is 0 Å². The highest BCUT2D eigenvalue weighted by atomic mass is 16.5. The molecule has 0 heterocycles. The Kier molecular flexibility index (Phi) is 7.42. The van der Waals surface area contributed by atoms with Gasteiger partial charge >= 0.3 is 5.97 Å². The second kappa shape index (κ2) is 7.76. The molecule has 1 atom stereocenters. The van der Waals surface area contributed by atoms with E-state index in [4.69, 9.17) is 0 Å². The Balaban J connectivity index is 3.31. The van der Waals surface area contributed by atoms with Crippen molar-refractivity contribution in [2.45, 2.75) is 25.8 Å². The van der Waals surface area contributed by atoms with Gasteiger partial charge in [0.1, 0.15) is 0 Å². The fourth-order valence-electron chi connectivity index (χ4n) is 1.30. The summed E-state index contributed by atoms with van der Waals surface area (Å²) >= 11 is 0. The van der Waals surface area contributed by atoms with Crippen molar-refractivity contribution < 1.29 is 9.53 Å². The molecule has 0 aromatic rings. The van der Waals surface area contributed by atoms with Crippen LogP contribution in [-0.4, -0.2) is 51.2 Å². The summed E-state index contributed by atoms with van der Waals surface area (Å²) in [5, 5.41) is 3.34. The van der Waals surface area contributed by atoms with Crippen LogP contribution in [0.3, 0.4) is 0 Å². The first-order valence-electron chi connectivity index (χ1n) is 5.01. The molecule has 0 saturated heterocycles. The molecule has 14 heavy (non-hydrogen) atoms. The van der Waals surface area contributed by atoms with Crippen LogP contribution in [0.4, 0.5) is 0 Å². The SMILES string of the molecule is COC(=O)CCCNC(C)CN(C)C. The number of hydrogen-bond acceptors (Lipinski definition) is 4. The third kappa shape index (κ3) is 8.01. The summed E-state index contributed by atoms with van der Waals surface area (Å²) < 4.78 is 4.55. The van der Waals surface area contributed by atoms with Crippen LogP contribution in [0.15, 0.2) is 0 Å². The van der Waals surface area contributed by atoms with Crippen molar-refractivity contribution in [2.75, 3.05) is 34.3 Å². The Morgan fingerprint density at radius 3 is 2.64 bits per heavy atom. The van der Waals surface area contributed by atoms with Crippen LogP contribution in [0.5, 0.6) is 0 Å². The van der Waals surface area contributed by atoms with Gasteiger partial charge in [0.2, 0.25) is 0 Å². The molecule has 1 unspecified atom stereocenters. The number of hydrogen-bond donors (Lipinski definition) is 1. The number of carbonyl (C=O) groups excluding carboxylic acids is 1. The fraction of sp³-hybridized carbons (Fsp3) is 0.900. The van der Waals surface area contributed by atoms with Crippen molar-refractivity contribution in [1.82, 2.24) is 10.2 Å².